The number of rotatable bonds is 3. The first-order valence-corrected chi connectivity index (χ1v) is 13.0. The van der Waals surface area contributed by atoms with Crippen LogP contribution in [0.5, 0.6) is 0 Å². The molecule has 0 spiro atoms. The Balaban J connectivity index is 2.85. The van der Waals surface area contributed by atoms with Crippen molar-refractivity contribution in [2.24, 2.45) is 0 Å². The first-order valence-electron chi connectivity index (χ1n) is 5.62. The van der Waals surface area contributed by atoms with Gasteiger partial charge in [-0.3, -0.25) is 0 Å². The number of hydrogen-bond acceptors (Lipinski definition) is 2. The highest BCUT2D eigenvalue weighted by Gasteiger charge is 2.23. The summed E-state index contributed by atoms with van der Waals surface area (Å²) in [6.45, 7) is 10.1. The topological polar surface area (TPSA) is 26.3 Å². The van der Waals surface area contributed by atoms with Gasteiger partial charge >= 0.3 is 5.97 Å². The van der Waals surface area contributed by atoms with E-state index in [4.69, 9.17) is 15.5 Å². The average molecular weight is 287 g/mol. The summed E-state index contributed by atoms with van der Waals surface area (Å²) in [5.41, 5.74) is 0.603. The lowest BCUT2D eigenvalue weighted by Crippen LogP contribution is -2.35. The van der Waals surface area contributed by atoms with Gasteiger partial charge in [0.25, 0.3) is 0 Å². The molecule has 0 N–H and O–H groups in total. The summed E-state index contributed by atoms with van der Waals surface area (Å²) >= 11 is 6.33. The molecule has 0 atom stereocenters. The number of hydrogen-bond donors (Lipinski definition) is 0. The first kappa shape index (κ1) is 14.5. The summed E-state index contributed by atoms with van der Waals surface area (Å²) in [6, 6.07) is 7.46. The van der Waals surface area contributed by atoms with Crippen molar-refractivity contribution in [3.63, 3.8) is 0 Å². The fourth-order valence-electron chi connectivity index (χ4n) is 1.34. The predicted molar refractivity (Wildman–Crippen MR) is 78.2 cm³/mol. The molecule has 0 heterocycles. The third-order valence-electron chi connectivity index (χ3n) is 2.21. The van der Waals surface area contributed by atoms with E-state index in [0.717, 1.165) is 5.19 Å². The maximum atomic E-state index is 11.8. The van der Waals surface area contributed by atoms with Crippen LogP contribution in [0.25, 0.3) is 0 Å². The standard InChI is InChI=1S/C12H19ClO2Si2/c1-16(2,3)15-12(14)10-6-8-11(9-7-10)17(4,5)13/h6-9H,1-5H3. The second-order valence-corrected chi connectivity index (χ2v) is 16.3. The zero-order chi connectivity index (χ0) is 13.3. The summed E-state index contributed by atoms with van der Waals surface area (Å²) in [7, 11) is -3.63. The van der Waals surface area contributed by atoms with Gasteiger partial charge in [-0.25, -0.2) is 4.79 Å². The highest BCUT2D eigenvalue weighted by atomic mass is 35.6. The highest BCUT2D eigenvalue weighted by molar-refractivity contribution is 7.26. The fraction of sp³-hybridized carbons (Fsp3) is 0.417. The Kier molecular flexibility index (Phi) is 4.22. The minimum Gasteiger partial charge on any atom is -0.516 e. The molecule has 0 aliphatic rings. The van der Waals surface area contributed by atoms with Crippen molar-refractivity contribution in [2.75, 3.05) is 0 Å². The lowest BCUT2D eigenvalue weighted by atomic mass is 10.2. The molecule has 1 rings (SSSR count). The maximum Gasteiger partial charge on any atom is 0.324 e. The smallest absolute Gasteiger partial charge is 0.324 e. The second-order valence-electron chi connectivity index (χ2n) is 5.55. The molecule has 2 nitrogen and oxygen atoms in total. The van der Waals surface area contributed by atoms with Gasteiger partial charge < -0.3 is 4.43 Å². The van der Waals surface area contributed by atoms with Crippen molar-refractivity contribution < 1.29 is 9.22 Å². The van der Waals surface area contributed by atoms with Gasteiger partial charge in [-0.15, -0.1) is 0 Å². The normalized spacial score (nSPS) is 12.4. The van der Waals surface area contributed by atoms with Crippen LogP contribution < -0.4 is 5.19 Å². The van der Waals surface area contributed by atoms with E-state index in [1.807, 2.05) is 31.8 Å². The zero-order valence-corrected chi connectivity index (χ0v) is 13.8. The third kappa shape index (κ3) is 4.65. The van der Waals surface area contributed by atoms with Crippen LogP contribution in [-0.2, 0) is 4.43 Å². The Morgan fingerprint density at radius 2 is 1.53 bits per heavy atom. The van der Waals surface area contributed by atoms with Crippen LogP contribution in [0, 0.1) is 0 Å². The molecule has 0 fully saturated rings. The Labute approximate surface area is 110 Å². The van der Waals surface area contributed by atoms with Gasteiger partial charge in [0.2, 0.25) is 8.32 Å². The number of carbonyl (C=O) groups excluding carboxylic acids is 1. The van der Waals surface area contributed by atoms with Gasteiger partial charge in [0.05, 0.1) is 5.56 Å². The van der Waals surface area contributed by atoms with Gasteiger partial charge in [0, 0.05) is 0 Å². The predicted octanol–water partition coefficient (Wildman–Crippen LogP) is 3.33. The van der Waals surface area contributed by atoms with Crippen molar-refractivity contribution in [1.82, 2.24) is 0 Å². The SMILES string of the molecule is C[Si](C)(C)OC(=O)c1ccc([Si](C)(C)Cl)cc1. The fourth-order valence-corrected chi connectivity index (χ4v) is 3.35. The first-order chi connectivity index (χ1) is 7.59. The van der Waals surface area contributed by atoms with E-state index in [1.165, 1.54) is 0 Å². The molecule has 0 saturated heterocycles. The molecular formula is C12H19ClO2Si2. The van der Waals surface area contributed by atoms with Crippen LogP contribution in [0.15, 0.2) is 24.3 Å². The minimum absolute atomic E-state index is 0.232. The molecule has 0 aliphatic carbocycles. The van der Waals surface area contributed by atoms with Crippen molar-refractivity contribution in [3.8, 4) is 0 Å². The number of benzene rings is 1. The summed E-state index contributed by atoms with van der Waals surface area (Å²) < 4.78 is 5.43. The van der Waals surface area contributed by atoms with Crippen molar-refractivity contribution in [2.45, 2.75) is 32.7 Å². The van der Waals surface area contributed by atoms with Crippen molar-refractivity contribution in [3.05, 3.63) is 29.8 Å². The van der Waals surface area contributed by atoms with Crippen molar-refractivity contribution >= 4 is 37.9 Å². The second kappa shape index (κ2) is 4.96. The van der Waals surface area contributed by atoms with E-state index in [-0.39, 0.29) is 5.97 Å². The Hall–Kier alpha value is -0.586. The van der Waals surface area contributed by atoms with Crippen LogP contribution in [0.3, 0.4) is 0 Å². The number of carbonyl (C=O) groups is 1. The van der Waals surface area contributed by atoms with Crippen LogP contribution in [0.2, 0.25) is 32.7 Å². The van der Waals surface area contributed by atoms with E-state index >= 15 is 0 Å². The summed E-state index contributed by atoms with van der Waals surface area (Å²) in [5, 5.41) is 1.13. The monoisotopic (exact) mass is 286 g/mol. The minimum atomic E-state index is -1.82. The highest BCUT2D eigenvalue weighted by Crippen LogP contribution is 2.12. The Morgan fingerprint density at radius 1 is 1.06 bits per heavy atom. The summed E-state index contributed by atoms with van der Waals surface area (Å²) in [6.07, 6.45) is 0. The quantitative estimate of drug-likeness (QED) is 0.629. The summed E-state index contributed by atoms with van der Waals surface area (Å²) in [5.74, 6) is -0.232. The molecule has 0 bridgehead atoms. The lowest BCUT2D eigenvalue weighted by Gasteiger charge is -2.18. The molecule has 1 aromatic rings. The average Bonchev–Trinajstić information content (AvgIpc) is 2.14. The molecule has 94 valence electrons. The van der Waals surface area contributed by atoms with Crippen molar-refractivity contribution in [1.29, 1.82) is 0 Å². The number of halogens is 1. The molecule has 0 saturated carbocycles. The Bertz CT molecular complexity index is 402. The zero-order valence-electron chi connectivity index (χ0n) is 11.0. The largest absolute Gasteiger partial charge is 0.516 e. The third-order valence-corrected chi connectivity index (χ3v) is 5.36. The molecule has 0 aliphatic heterocycles. The molecule has 0 unspecified atom stereocenters. The Morgan fingerprint density at radius 3 is 1.88 bits per heavy atom. The molecule has 17 heavy (non-hydrogen) atoms. The van der Waals surface area contributed by atoms with E-state index in [0.29, 0.717) is 5.56 Å². The van der Waals surface area contributed by atoms with E-state index in [2.05, 4.69) is 13.1 Å². The molecule has 0 radical (unpaired) electrons. The van der Waals surface area contributed by atoms with Gasteiger partial charge in [-0.1, -0.05) is 25.2 Å². The molecule has 5 heteroatoms. The maximum absolute atomic E-state index is 11.8. The molecule has 0 amide bonds. The van der Waals surface area contributed by atoms with E-state index in [1.54, 1.807) is 12.1 Å². The van der Waals surface area contributed by atoms with Gasteiger partial charge in [-0.2, -0.15) is 11.1 Å². The molecule has 1 aromatic carbocycles. The molecular weight excluding hydrogens is 268 g/mol. The summed E-state index contributed by atoms with van der Waals surface area (Å²) in [4.78, 5) is 11.8. The van der Waals surface area contributed by atoms with Crippen LogP contribution >= 0.6 is 11.1 Å². The van der Waals surface area contributed by atoms with Gasteiger partial charge in [-0.05, 0) is 37.0 Å². The van der Waals surface area contributed by atoms with E-state index in [9.17, 15) is 4.79 Å². The van der Waals surface area contributed by atoms with Crippen LogP contribution in [0.1, 0.15) is 10.4 Å². The van der Waals surface area contributed by atoms with Gasteiger partial charge in [0.1, 0.15) is 0 Å². The molecule has 0 aromatic heterocycles. The van der Waals surface area contributed by atoms with E-state index < -0.39 is 15.7 Å². The van der Waals surface area contributed by atoms with Crippen LogP contribution in [0.4, 0.5) is 0 Å². The van der Waals surface area contributed by atoms with Gasteiger partial charge in [0.15, 0.2) is 7.38 Å². The lowest BCUT2D eigenvalue weighted by molar-refractivity contribution is 0.0724. The van der Waals surface area contributed by atoms with Crippen LogP contribution in [-0.4, -0.2) is 21.7 Å².